The van der Waals surface area contributed by atoms with Gasteiger partial charge in [-0.2, -0.15) is 0 Å². The van der Waals surface area contributed by atoms with E-state index < -0.39 is 125 Å². The third kappa shape index (κ3) is 18.7. The van der Waals surface area contributed by atoms with Crippen LogP contribution in [0.2, 0.25) is 5.02 Å². The third-order valence-electron chi connectivity index (χ3n) is 15.7. The van der Waals surface area contributed by atoms with Gasteiger partial charge >= 0.3 is 23.9 Å². The first kappa shape index (κ1) is 69.1. The van der Waals surface area contributed by atoms with Crippen LogP contribution in [0.4, 0.5) is 16.2 Å². The lowest BCUT2D eigenvalue weighted by Gasteiger charge is -2.41. The van der Waals surface area contributed by atoms with Gasteiger partial charge in [0.05, 0.1) is 47.5 Å². The molecular formula is C61H83BrClN7O15. The molecule has 0 aromatic heterocycles. The average molecular weight is 1270 g/mol. The molecule has 10 atom stereocenters. The monoisotopic (exact) mass is 1270 g/mol. The minimum Gasteiger partial charge on any atom is -0.462 e. The van der Waals surface area contributed by atoms with Gasteiger partial charge in [0.25, 0.3) is 5.91 Å². The summed E-state index contributed by atoms with van der Waals surface area (Å²) in [6.07, 6.45) is 2.96. The summed E-state index contributed by atoms with van der Waals surface area (Å²) in [7, 11) is 4.37. The minimum absolute atomic E-state index is 0.0128. The lowest BCUT2D eigenvalue weighted by molar-refractivity contribution is -0.187. The van der Waals surface area contributed by atoms with Crippen molar-refractivity contribution in [3.05, 3.63) is 94.1 Å². The van der Waals surface area contributed by atoms with Gasteiger partial charge < -0.3 is 65.6 Å². The van der Waals surface area contributed by atoms with Crippen LogP contribution in [0.1, 0.15) is 121 Å². The van der Waals surface area contributed by atoms with E-state index in [0.717, 1.165) is 16.0 Å². The molecule has 2 aromatic carbocycles. The molecule has 2 aromatic rings. The third-order valence-corrected chi connectivity index (χ3v) is 16.9. The molecule has 4 bridgehead atoms. The van der Waals surface area contributed by atoms with E-state index in [2.05, 4.69) is 43.8 Å². The smallest absolute Gasteiger partial charge is 0.334 e. The summed E-state index contributed by atoms with van der Waals surface area (Å²) in [5.41, 5.74) is 5.44. The molecule has 5 rings (SSSR count). The molecule has 85 heavy (non-hydrogen) atoms. The molecule has 0 radical (unpaired) electrons. The van der Waals surface area contributed by atoms with E-state index >= 15 is 0 Å². The number of likely N-dealkylation sites (N-methyl/N-ethyl adjacent to an activating group) is 1. The zero-order chi connectivity index (χ0) is 63.1. The van der Waals surface area contributed by atoms with Crippen LogP contribution in [-0.2, 0) is 63.7 Å². The molecule has 2 fully saturated rings. The van der Waals surface area contributed by atoms with E-state index in [-0.39, 0.29) is 67.4 Å². The number of carbonyl (C=O) groups is 9. The molecule has 0 unspecified atom stereocenters. The summed E-state index contributed by atoms with van der Waals surface area (Å²) < 4.78 is 29.4. The van der Waals surface area contributed by atoms with Gasteiger partial charge in [-0.3, -0.25) is 28.8 Å². The standard InChI is InChI=1S/C61H83BrClN7O15/c1-34(2)52(68-48(71)24-13-12-16-26-82-57(77)37(5)33-62)55(75)67-43(22-18-25-65-59(64)79)54(74)66-42-21-15-14-20-41(42)56(76)69(9)39(7)58(78)84-47-30-49(72)70(10)44-29-40(28-36(4)51(44)63)27-35(3)19-17-23-46(81-11)61(80)31-45(83-50(73)32-61)38(6)53-60(47,8)85-53/h14-15,17,19-21,23,28-29,34,38-39,43,45-47,52-53,80H,5,12-13,16,18,22,24-27,30-33H2,1-4,6-11H3,(H,66,74)(H,67,75)(H,68,71)(H3,64,65,79)/b23-17+,35-19+/t38-,39+,43+,45+,46-,47+,52+,53+,60+,61-/m1/s1. The number of primary amides is 1. The molecule has 466 valence electrons. The van der Waals surface area contributed by atoms with Gasteiger partial charge in [0.1, 0.15) is 47.6 Å². The van der Waals surface area contributed by atoms with Crippen molar-refractivity contribution in [3.8, 4) is 0 Å². The molecule has 2 saturated heterocycles. The fourth-order valence-electron chi connectivity index (χ4n) is 10.4. The molecule has 7 amide bonds. The Morgan fingerprint density at radius 3 is 2.40 bits per heavy atom. The number of aryl methyl sites for hydroxylation is 1. The number of nitrogens with two attached hydrogens (primary N) is 1. The lowest BCUT2D eigenvalue weighted by Crippen LogP contribution is -2.54. The number of anilines is 2. The van der Waals surface area contributed by atoms with Crippen LogP contribution in [0.5, 0.6) is 0 Å². The number of nitrogens with zero attached hydrogens (tertiary/aromatic N) is 2. The second-order valence-corrected chi connectivity index (χ2v) is 23.7. The Hall–Kier alpha value is -6.66. The van der Waals surface area contributed by atoms with Crippen LogP contribution in [0.3, 0.4) is 0 Å². The number of urea groups is 1. The topological polar surface area (TPSA) is 304 Å². The minimum atomic E-state index is -1.66. The molecule has 3 aliphatic rings. The Kier molecular flexibility index (Phi) is 25.3. The summed E-state index contributed by atoms with van der Waals surface area (Å²) in [6, 6.07) is 5.33. The molecule has 7 N–H and O–H groups in total. The molecule has 0 spiro atoms. The number of carbonyl (C=O) groups excluding carboxylic acids is 9. The number of rotatable bonds is 23. The molecule has 0 saturated carbocycles. The second kappa shape index (κ2) is 31.1. The number of fused-ring (bicyclic) bond motifs is 5. The van der Waals surface area contributed by atoms with E-state index in [4.69, 9.17) is 41.0 Å². The first-order valence-electron chi connectivity index (χ1n) is 28.5. The van der Waals surface area contributed by atoms with Crippen molar-refractivity contribution in [2.75, 3.05) is 49.9 Å². The lowest BCUT2D eigenvalue weighted by atomic mass is 9.78. The van der Waals surface area contributed by atoms with Gasteiger partial charge in [-0.1, -0.05) is 96.9 Å². The SMILES string of the molecule is C=C(CBr)C(=O)OCCCCCC(=O)N[C@H](C(=O)N[C@@H](CCCNC(N)=O)C(=O)Nc1ccccc1C(=O)N(C)[C@@H](C)C(=O)O[C@H]1CC(=O)N(C)c2cc(cc(C)c2Cl)C/C(C)=C/C=C/[C@@H](OC)[C@]2(O)CC(=O)O[C@@H](C2)[C@@H](C)[C@@H]2O[C@@]12C)C(C)C. The Balaban J connectivity index is 1.35. The number of epoxide rings is 1. The van der Waals surface area contributed by atoms with Crippen LogP contribution in [0.25, 0.3) is 0 Å². The van der Waals surface area contributed by atoms with E-state index in [1.54, 1.807) is 59.0 Å². The Bertz CT molecular complexity index is 2880. The number of nitrogens with one attached hydrogen (secondary N) is 4. The molecule has 0 aliphatic carbocycles. The Morgan fingerprint density at radius 2 is 1.73 bits per heavy atom. The quantitative estimate of drug-likeness (QED) is 0.0174. The zero-order valence-corrected chi connectivity index (χ0v) is 52.5. The van der Waals surface area contributed by atoms with Gasteiger partial charge in [0.15, 0.2) is 0 Å². The number of alkyl halides is 1. The number of hydrogen-bond donors (Lipinski definition) is 6. The highest BCUT2D eigenvalue weighted by molar-refractivity contribution is 9.09. The van der Waals surface area contributed by atoms with Crippen molar-refractivity contribution in [1.29, 1.82) is 0 Å². The molecular weight excluding hydrogens is 1190 g/mol. The number of amides is 7. The van der Waals surface area contributed by atoms with Gasteiger partial charge in [-0.05, 0) is 101 Å². The van der Waals surface area contributed by atoms with Gasteiger partial charge in [0, 0.05) is 57.4 Å². The van der Waals surface area contributed by atoms with E-state index in [1.807, 2.05) is 32.1 Å². The number of hydrogen-bond acceptors (Lipinski definition) is 15. The zero-order valence-electron chi connectivity index (χ0n) is 50.2. The molecule has 24 heteroatoms. The van der Waals surface area contributed by atoms with E-state index in [1.165, 1.54) is 38.1 Å². The van der Waals surface area contributed by atoms with Crippen molar-refractivity contribution in [1.82, 2.24) is 20.9 Å². The maximum absolute atomic E-state index is 14.5. The number of methoxy groups -OCH3 is 1. The van der Waals surface area contributed by atoms with Crippen molar-refractivity contribution >= 4 is 92.4 Å². The normalized spacial score (nSPS) is 24.4. The van der Waals surface area contributed by atoms with Crippen LogP contribution in [0.15, 0.2) is 72.4 Å². The van der Waals surface area contributed by atoms with E-state index in [9.17, 15) is 48.3 Å². The number of benzene rings is 2. The predicted octanol–water partition coefficient (Wildman–Crippen LogP) is 6.45. The number of halogens is 2. The summed E-state index contributed by atoms with van der Waals surface area (Å²) in [5.74, 6) is -6.13. The van der Waals surface area contributed by atoms with Gasteiger partial charge in [-0.25, -0.2) is 14.4 Å². The highest BCUT2D eigenvalue weighted by atomic mass is 79.9. The van der Waals surface area contributed by atoms with Crippen molar-refractivity contribution in [2.45, 2.75) is 166 Å². The maximum Gasteiger partial charge on any atom is 0.334 e. The second-order valence-electron chi connectivity index (χ2n) is 22.7. The molecule has 3 aliphatic heterocycles. The van der Waals surface area contributed by atoms with Gasteiger partial charge in [-0.15, -0.1) is 0 Å². The fourth-order valence-corrected chi connectivity index (χ4v) is 10.8. The van der Waals surface area contributed by atoms with Gasteiger partial charge in [0.2, 0.25) is 23.6 Å². The van der Waals surface area contributed by atoms with Crippen LogP contribution < -0.4 is 31.9 Å². The number of ether oxygens (including phenoxy) is 5. The molecule has 22 nitrogen and oxygen atoms in total. The highest BCUT2D eigenvalue weighted by Gasteiger charge is 2.64. The summed E-state index contributed by atoms with van der Waals surface area (Å²) in [6.45, 7) is 15.9. The summed E-state index contributed by atoms with van der Waals surface area (Å²) in [5, 5.41) is 23.4. The average Bonchev–Trinajstić information content (AvgIpc) is 1.66. The van der Waals surface area contributed by atoms with Crippen LogP contribution >= 0.6 is 27.5 Å². The van der Waals surface area contributed by atoms with Crippen LogP contribution in [0, 0.1) is 18.8 Å². The first-order chi connectivity index (χ1) is 40.0. The number of esters is 3. The summed E-state index contributed by atoms with van der Waals surface area (Å²) in [4.78, 5) is 124. The molecule has 3 heterocycles. The Labute approximate surface area is 510 Å². The predicted molar refractivity (Wildman–Crippen MR) is 323 cm³/mol. The Morgan fingerprint density at radius 1 is 1.02 bits per heavy atom. The van der Waals surface area contributed by atoms with Crippen molar-refractivity contribution < 1.29 is 71.9 Å². The van der Waals surface area contributed by atoms with Crippen molar-refractivity contribution in [3.63, 3.8) is 0 Å². The number of aliphatic hydroxyl groups is 1. The number of allylic oxidation sites excluding steroid dienone is 3. The number of unbranched alkanes of at least 4 members (excludes halogenated alkanes) is 2. The number of para-hydroxylation sites is 1. The highest BCUT2D eigenvalue weighted by Crippen LogP contribution is 2.50. The largest absolute Gasteiger partial charge is 0.462 e. The maximum atomic E-state index is 14.5. The summed E-state index contributed by atoms with van der Waals surface area (Å²) >= 11 is 10.0. The van der Waals surface area contributed by atoms with E-state index in [0.29, 0.717) is 42.0 Å². The fraction of sp³-hybridized carbons (Fsp3) is 0.557. The van der Waals surface area contributed by atoms with Crippen LogP contribution in [-0.4, -0.2) is 157 Å². The van der Waals surface area contributed by atoms with Crippen molar-refractivity contribution in [2.24, 2.45) is 17.6 Å². The first-order valence-corrected chi connectivity index (χ1v) is 30.0.